The van der Waals surface area contributed by atoms with Gasteiger partial charge in [0.1, 0.15) is 17.1 Å². The van der Waals surface area contributed by atoms with Gasteiger partial charge in [-0.2, -0.15) is 0 Å². The maximum atomic E-state index is 10.3. The van der Waals surface area contributed by atoms with Crippen molar-refractivity contribution in [2.75, 3.05) is 6.54 Å². The Hall–Kier alpha value is -0.870. The molecule has 2 N–H and O–H groups in total. The van der Waals surface area contributed by atoms with Gasteiger partial charge in [0, 0.05) is 18.5 Å². The average molecular weight is 252 g/mol. The van der Waals surface area contributed by atoms with E-state index in [0.717, 1.165) is 31.0 Å². The second-order valence-electron chi connectivity index (χ2n) is 5.67. The first-order valence-electron chi connectivity index (χ1n) is 6.87. The summed E-state index contributed by atoms with van der Waals surface area (Å²) < 4.78 is 5.77. The standard InChI is InChI=1S/C14H24N2O2/c1-5-14(4,17)12-10(3)18-13(16-12)11-7-6-9(2)15-8-11/h9,11,15,17H,5-8H2,1-4H3/t9-,11-,14+/m1/s1. The zero-order valence-corrected chi connectivity index (χ0v) is 11.8. The molecule has 0 spiro atoms. The minimum Gasteiger partial charge on any atom is -0.445 e. The Morgan fingerprint density at radius 3 is 2.78 bits per heavy atom. The fraction of sp³-hybridized carbons (Fsp3) is 0.786. The molecule has 102 valence electrons. The minimum atomic E-state index is -0.888. The summed E-state index contributed by atoms with van der Waals surface area (Å²) in [6.07, 6.45) is 2.88. The van der Waals surface area contributed by atoms with Gasteiger partial charge in [-0.1, -0.05) is 6.92 Å². The number of rotatable bonds is 3. The summed E-state index contributed by atoms with van der Waals surface area (Å²) in [5, 5.41) is 13.7. The van der Waals surface area contributed by atoms with E-state index in [4.69, 9.17) is 4.42 Å². The molecule has 1 saturated heterocycles. The van der Waals surface area contributed by atoms with Gasteiger partial charge in [0.05, 0.1) is 0 Å². The Labute approximate surface area is 109 Å². The van der Waals surface area contributed by atoms with Crippen LogP contribution in [0.5, 0.6) is 0 Å². The Morgan fingerprint density at radius 2 is 2.22 bits per heavy atom. The third-order valence-electron chi connectivity index (χ3n) is 4.02. The molecule has 1 aromatic rings. The van der Waals surface area contributed by atoms with Gasteiger partial charge in [-0.15, -0.1) is 0 Å². The third kappa shape index (κ3) is 2.59. The van der Waals surface area contributed by atoms with Crippen molar-refractivity contribution in [3.63, 3.8) is 0 Å². The second kappa shape index (κ2) is 5.02. The van der Waals surface area contributed by atoms with Crippen molar-refractivity contribution >= 4 is 0 Å². The van der Waals surface area contributed by atoms with Gasteiger partial charge in [-0.3, -0.25) is 0 Å². The number of aliphatic hydroxyl groups is 1. The van der Waals surface area contributed by atoms with E-state index in [0.29, 0.717) is 24.1 Å². The smallest absolute Gasteiger partial charge is 0.199 e. The summed E-state index contributed by atoms with van der Waals surface area (Å²) in [5.41, 5.74) is -0.195. The largest absolute Gasteiger partial charge is 0.445 e. The van der Waals surface area contributed by atoms with Crippen LogP contribution in [0.3, 0.4) is 0 Å². The Balaban J connectivity index is 2.19. The lowest BCUT2D eigenvalue weighted by Crippen LogP contribution is -2.35. The number of nitrogens with one attached hydrogen (secondary N) is 1. The van der Waals surface area contributed by atoms with Gasteiger partial charge in [0.15, 0.2) is 5.89 Å². The Bertz CT molecular complexity index is 404. The molecule has 0 aromatic carbocycles. The number of hydrogen-bond donors (Lipinski definition) is 2. The van der Waals surface area contributed by atoms with E-state index in [2.05, 4.69) is 17.2 Å². The van der Waals surface area contributed by atoms with E-state index >= 15 is 0 Å². The number of aryl methyl sites for hydroxylation is 1. The second-order valence-corrected chi connectivity index (χ2v) is 5.67. The fourth-order valence-electron chi connectivity index (χ4n) is 2.47. The average Bonchev–Trinajstić information content (AvgIpc) is 2.73. The van der Waals surface area contributed by atoms with Crippen LogP contribution in [-0.2, 0) is 5.60 Å². The number of aromatic nitrogens is 1. The monoisotopic (exact) mass is 252 g/mol. The molecule has 18 heavy (non-hydrogen) atoms. The molecule has 4 heteroatoms. The van der Waals surface area contributed by atoms with Crippen molar-refractivity contribution in [2.24, 2.45) is 0 Å². The third-order valence-corrected chi connectivity index (χ3v) is 4.02. The van der Waals surface area contributed by atoms with Crippen LogP contribution in [0.2, 0.25) is 0 Å². The molecule has 2 heterocycles. The van der Waals surface area contributed by atoms with E-state index in [1.165, 1.54) is 0 Å². The lowest BCUT2D eigenvalue weighted by Gasteiger charge is -2.25. The Morgan fingerprint density at radius 1 is 1.50 bits per heavy atom. The highest BCUT2D eigenvalue weighted by molar-refractivity contribution is 5.17. The van der Waals surface area contributed by atoms with Crippen molar-refractivity contribution in [1.82, 2.24) is 10.3 Å². The number of oxazole rings is 1. The van der Waals surface area contributed by atoms with Crippen LogP contribution >= 0.6 is 0 Å². The number of hydrogen-bond acceptors (Lipinski definition) is 4. The van der Waals surface area contributed by atoms with Crippen molar-refractivity contribution < 1.29 is 9.52 Å². The molecule has 0 unspecified atom stereocenters. The summed E-state index contributed by atoms with van der Waals surface area (Å²) in [4.78, 5) is 4.54. The van der Waals surface area contributed by atoms with E-state index in [1.54, 1.807) is 6.92 Å². The van der Waals surface area contributed by atoms with E-state index in [9.17, 15) is 5.11 Å². The molecule has 2 rings (SSSR count). The normalized spacial score (nSPS) is 28.1. The van der Waals surface area contributed by atoms with Gasteiger partial charge in [-0.05, 0) is 40.0 Å². The zero-order valence-electron chi connectivity index (χ0n) is 11.8. The van der Waals surface area contributed by atoms with Gasteiger partial charge < -0.3 is 14.8 Å². The molecule has 0 amide bonds. The van der Waals surface area contributed by atoms with Crippen LogP contribution in [0.25, 0.3) is 0 Å². The molecule has 0 saturated carbocycles. The molecule has 1 aliphatic heterocycles. The Kier molecular flexibility index (Phi) is 3.78. The molecule has 0 radical (unpaired) electrons. The zero-order chi connectivity index (χ0) is 13.3. The van der Waals surface area contributed by atoms with Gasteiger partial charge in [-0.25, -0.2) is 4.98 Å². The van der Waals surface area contributed by atoms with Crippen LogP contribution < -0.4 is 5.32 Å². The van der Waals surface area contributed by atoms with Crippen LogP contribution in [0.1, 0.15) is 63.3 Å². The first-order chi connectivity index (χ1) is 8.44. The van der Waals surface area contributed by atoms with Crippen LogP contribution in [-0.4, -0.2) is 22.7 Å². The first kappa shape index (κ1) is 13.6. The fourth-order valence-corrected chi connectivity index (χ4v) is 2.47. The van der Waals surface area contributed by atoms with Crippen molar-refractivity contribution in [3.8, 4) is 0 Å². The molecule has 0 aliphatic carbocycles. The minimum absolute atomic E-state index is 0.335. The lowest BCUT2D eigenvalue weighted by atomic mass is 9.95. The first-order valence-corrected chi connectivity index (χ1v) is 6.87. The van der Waals surface area contributed by atoms with E-state index < -0.39 is 5.60 Å². The van der Waals surface area contributed by atoms with Gasteiger partial charge in [0.25, 0.3) is 0 Å². The van der Waals surface area contributed by atoms with Gasteiger partial charge in [0.2, 0.25) is 0 Å². The topological polar surface area (TPSA) is 58.3 Å². The predicted molar refractivity (Wildman–Crippen MR) is 70.5 cm³/mol. The molecule has 4 nitrogen and oxygen atoms in total. The molecular formula is C14H24N2O2. The summed E-state index contributed by atoms with van der Waals surface area (Å²) >= 11 is 0. The molecule has 1 fully saturated rings. The van der Waals surface area contributed by atoms with Crippen LogP contribution in [0.15, 0.2) is 4.42 Å². The summed E-state index contributed by atoms with van der Waals surface area (Å²) in [5.74, 6) is 1.85. The molecule has 0 bridgehead atoms. The van der Waals surface area contributed by atoms with Gasteiger partial charge >= 0.3 is 0 Å². The summed E-state index contributed by atoms with van der Waals surface area (Å²) in [6, 6.07) is 0.579. The summed E-state index contributed by atoms with van der Waals surface area (Å²) in [7, 11) is 0. The van der Waals surface area contributed by atoms with Crippen molar-refractivity contribution in [2.45, 2.75) is 64.5 Å². The quantitative estimate of drug-likeness (QED) is 0.867. The highest BCUT2D eigenvalue weighted by Crippen LogP contribution is 2.31. The molecule has 1 aromatic heterocycles. The van der Waals surface area contributed by atoms with Crippen LogP contribution in [0.4, 0.5) is 0 Å². The highest BCUT2D eigenvalue weighted by atomic mass is 16.4. The summed E-state index contributed by atoms with van der Waals surface area (Å²) in [6.45, 7) is 8.74. The maximum absolute atomic E-state index is 10.3. The molecule has 3 atom stereocenters. The predicted octanol–water partition coefficient (Wildman–Crippen LogP) is 2.46. The van der Waals surface area contributed by atoms with E-state index in [1.807, 2.05) is 13.8 Å². The van der Waals surface area contributed by atoms with E-state index in [-0.39, 0.29) is 0 Å². The number of nitrogens with zero attached hydrogens (tertiary/aromatic N) is 1. The lowest BCUT2D eigenvalue weighted by molar-refractivity contribution is 0.0475. The molecular weight excluding hydrogens is 228 g/mol. The number of piperidine rings is 1. The SMILES string of the molecule is CC[C@](C)(O)c1nc([C@@H]2CC[C@@H](C)NC2)oc1C. The van der Waals surface area contributed by atoms with Crippen molar-refractivity contribution in [3.05, 3.63) is 17.3 Å². The van der Waals surface area contributed by atoms with Crippen LogP contribution in [0, 0.1) is 6.92 Å². The molecule has 1 aliphatic rings. The highest BCUT2D eigenvalue weighted by Gasteiger charge is 2.31. The van der Waals surface area contributed by atoms with Crippen molar-refractivity contribution in [1.29, 1.82) is 0 Å². The maximum Gasteiger partial charge on any atom is 0.199 e.